The van der Waals surface area contributed by atoms with Gasteiger partial charge in [0.05, 0.1) is 17.4 Å². The fourth-order valence-corrected chi connectivity index (χ4v) is 5.78. The zero-order valence-electron chi connectivity index (χ0n) is 22.7. The predicted molar refractivity (Wildman–Crippen MR) is 149 cm³/mol. The number of hydrogen-bond acceptors (Lipinski definition) is 5. The molecule has 0 radical (unpaired) electrons. The Bertz CT molecular complexity index is 1460. The summed E-state index contributed by atoms with van der Waals surface area (Å²) in [5, 5.41) is 9.48. The summed E-state index contributed by atoms with van der Waals surface area (Å²) in [7, 11) is 0. The van der Waals surface area contributed by atoms with E-state index < -0.39 is 29.3 Å². The molecular formula is C31H32FN3O5. The average Bonchev–Trinajstić information content (AvgIpc) is 3.11. The van der Waals surface area contributed by atoms with Gasteiger partial charge in [0.1, 0.15) is 17.1 Å². The number of carboxylic acids is 1. The molecule has 0 saturated carbocycles. The van der Waals surface area contributed by atoms with Gasteiger partial charge < -0.3 is 9.84 Å². The van der Waals surface area contributed by atoms with Gasteiger partial charge in [0, 0.05) is 24.8 Å². The first-order valence-electron chi connectivity index (χ1n) is 13.4. The lowest BCUT2D eigenvalue weighted by Crippen LogP contribution is -2.59. The SMILES string of the molecule is CC(C)Oc1cccc(CN2CC[C@@]3(C[C@@H]2C)C(=O)N(c2cccc(C(=O)O)c2)C(=O)N3c2cccc(F)c2)c1. The van der Waals surface area contributed by atoms with Gasteiger partial charge >= 0.3 is 12.0 Å². The van der Waals surface area contributed by atoms with Crippen LogP contribution in [-0.4, -0.2) is 52.1 Å². The molecule has 2 atom stereocenters. The Balaban J connectivity index is 1.48. The van der Waals surface area contributed by atoms with Crippen LogP contribution >= 0.6 is 0 Å². The van der Waals surface area contributed by atoms with Crippen molar-refractivity contribution in [1.82, 2.24) is 4.90 Å². The number of piperidine rings is 1. The number of rotatable bonds is 7. The van der Waals surface area contributed by atoms with Gasteiger partial charge in [-0.2, -0.15) is 0 Å². The van der Waals surface area contributed by atoms with Crippen LogP contribution in [0.3, 0.4) is 0 Å². The van der Waals surface area contributed by atoms with Crippen LogP contribution in [0.2, 0.25) is 0 Å². The van der Waals surface area contributed by atoms with Crippen molar-refractivity contribution in [2.24, 2.45) is 0 Å². The number of carbonyl (C=O) groups excluding carboxylic acids is 2. The summed E-state index contributed by atoms with van der Waals surface area (Å²) in [5.41, 5.74) is 0.245. The quantitative estimate of drug-likeness (QED) is 0.383. The van der Waals surface area contributed by atoms with E-state index in [2.05, 4.69) is 4.90 Å². The van der Waals surface area contributed by atoms with Crippen LogP contribution in [0.5, 0.6) is 5.75 Å². The number of carboxylic acid groups (broad SMARTS) is 1. The minimum atomic E-state index is -1.25. The third-order valence-corrected chi connectivity index (χ3v) is 7.55. The molecule has 2 heterocycles. The van der Waals surface area contributed by atoms with Crippen molar-refractivity contribution in [1.29, 1.82) is 0 Å². The number of urea groups is 1. The number of ether oxygens (including phenoxy) is 1. The van der Waals surface area contributed by atoms with Gasteiger partial charge in [-0.3, -0.25) is 14.6 Å². The van der Waals surface area contributed by atoms with E-state index in [1.54, 1.807) is 6.07 Å². The van der Waals surface area contributed by atoms with Gasteiger partial charge in [-0.05, 0) is 87.7 Å². The summed E-state index contributed by atoms with van der Waals surface area (Å²) in [6.45, 7) is 7.13. The van der Waals surface area contributed by atoms with Crippen molar-refractivity contribution in [2.75, 3.05) is 16.3 Å². The van der Waals surface area contributed by atoms with E-state index in [9.17, 15) is 23.9 Å². The minimum Gasteiger partial charge on any atom is -0.491 e. The number of nitrogens with zero attached hydrogens (tertiary/aromatic N) is 3. The first-order valence-corrected chi connectivity index (χ1v) is 13.4. The van der Waals surface area contributed by atoms with Crippen LogP contribution in [0.1, 0.15) is 49.5 Å². The highest BCUT2D eigenvalue weighted by molar-refractivity contribution is 6.30. The van der Waals surface area contributed by atoms with E-state index in [1.807, 2.05) is 45.0 Å². The second kappa shape index (κ2) is 10.7. The Morgan fingerprint density at radius 3 is 2.48 bits per heavy atom. The van der Waals surface area contributed by atoms with E-state index in [4.69, 9.17) is 4.74 Å². The van der Waals surface area contributed by atoms with Gasteiger partial charge in [0.2, 0.25) is 0 Å². The molecule has 0 unspecified atom stereocenters. The van der Waals surface area contributed by atoms with Crippen LogP contribution < -0.4 is 14.5 Å². The maximum atomic E-state index is 14.3. The molecule has 2 saturated heterocycles. The summed E-state index contributed by atoms with van der Waals surface area (Å²) < 4.78 is 20.2. The molecule has 5 rings (SSSR count). The highest BCUT2D eigenvalue weighted by Gasteiger charge is 2.60. The standard InChI is InChI=1S/C31H32FN3O5/c1-20(2)40-27-12-4-7-22(15-27)19-33-14-13-31(18-21(33)3)29(38)34(25-10-5-8-23(16-25)28(36)37)30(39)35(31)26-11-6-9-24(32)17-26/h4-12,15-17,20-21H,13-14,18-19H2,1-3H3,(H,36,37)/t21-,31+/m0/s1. The Morgan fingerprint density at radius 1 is 1.05 bits per heavy atom. The summed E-state index contributed by atoms with van der Waals surface area (Å²) >= 11 is 0. The number of imide groups is 1. The molecular weight excluding hydrogens is 513 g/mol. The van der Waals surface area contributed by atoms with Crippen LogP contribution in [0, 0.1) is 5.82 Å². The van der Waals surface area contributed by atoms with Crippen LogP contribution in [0.4, 0.5) is 20.6 Å². The van der Waals surface area contributed by atoms with Gasteiger partial charge in [-0.25, -0.2) is 18.9 Å². The lowest BCUT2D eigenvalue weighted by Gasteiger charge is -2.45. The molecule has 0 aliphatic carbocycles. The van der Waals surface area contributed by atoms with Crippen LogP contribution in [0.15, 0.2) is 72.8 Å². The molecule has 2 fully saturated rings. The van der Waals surface area contributed by atoms with Gasteiger partial charge in [-0.15, -0.1) is 0 Å². The van der Waals surface area contributed by atoms with E-state index >= 15 is 0 Å². The zero-order chi connectivity index (χ0) is 28.6. The van der Waals surface area contributed by atoms with E-state index in [-0.39, 0.29) is 29.1 Å². The smallest absolute Gasteiger partial charge is 0.336 e. The minimum absolute atomic E-state index is 0.0387. The van der Waals surface area contributed by atoms with Crippen LogP contribution in [-0.2, 0) is 11.3 Å². The largest absolute Gasteiger partial charge is 0.491 e. The van der Waals surface area contributed by atoms with Gasteiger partial charge in [0.15, 0.2) is 0 Å². The molecule has 3 amide bonds. The molecule has 8 nitrogen and oxygen atoms in total. The second-order valence-corrected chi connectivity index (χ2v) is 10.7. The molecule has 208 valence electrons. The molecule has 3 aromatic carbocycles. The number of benzene rings is 3. The molecule has 9 heteroatoms. The molecule has 0 bridgehead atoms. The summed E-state index contributed by atoms with van der Waals surface area (Å²) in [5.74, 6) is -1.33. The number of aromatic carboxylic acids is 1. The maximum absolute atomic E-state index is 14.3. The third-order valence-electron chi connectivity index (χ3n) is 7.55. The number of likely N-dealkylation sites (tertiary alicyclic amines) is 1. The normalized spacial score (nSPS) is 21.5. The first-order chi connectivity index (χ1) is 19.1. The predicted octanol–water partition coefficient (Wildman–Crippen LogP) is 5.71. The molecule has 1 spiro atoms. The average molecular weight is 546 g/mol. The van der Waals surface area contributed by atoms with Crippen molar-refractivity contribution in [3.63, 3.8) is 0 Å². The number of halogens is 1. The lowest BCUT2D eigenvalue weighted by atomic mass is 9.81. The summed E-state index contributed by atoms with van der Waals surface area (Å²) in [4.78, 5) is 44.4. The molecule has 2 aliphatic rings. The molecule has 3 aromatic rings. The molecule has 40 heavy (non-hydrogen) atoms. The fraction of sp³-hybridized carbons (Fsp3) is 0.323. The molecule has 0 aromatic heterocycles. The topological polar surface area (TPSA) is 90.4 Å². The number of carbonyl (C=O) groups is 3. The zero-order valence-corrected chi connectivity index (χ0v) is 22.7. The van der Waals surface area contributed by atoms with Gasteiger partial charge in [-0.1, -0.05) is 24.3 Å². The van der Waals surface area contributed by atoms with Crippen molar-refractivity contribution in [3.05, 3.63) is 89.7 Å². The first kappa shape index (κ1) is 27.3. The maximum Gasteiger partial charge on any atom is 0.336 e. The molecule has 2 aliphatic heterocycles. The number of anilines is 2. The summed E-state index contributed by atoms with van der Waals surface area (Å²) in [6, 6.07) is 18.6. The van der Waals surface area contributed by atoms with E-state index in [1.165, 1.54) is 47.4 Å². The third kappa shape index (κ3) is 5.04. The lowest BCUT2D eigenvalue weighted by molar-refractivity contribution is -0.123. The fourth-order valence-electron chi connectivity index (χ4n) is 5.78. The highest BCUT2D eigenvalue weighted by Crippen LogP contribution is 2.44. The molecule has 1 N–H and O–H groups in total. The Hall–Kier alpha value is -4.24. The number of hydrogen-bond donors (Lipinski definition) is 1. The Kier molecular flexibility index (Phi) is 7.33. The Labute approximate surface area is 232 Å². The Morgan fingerprint density at radius 2 is 1.77 bits per heavy atom. The van der Waals surface area contributed by atoms with E-state index in [0.717, 1.165) is 16.2 Å². The van der Waals surface area contributed by atoms with Crippen molar-refractivity contribution < 1.29 is 28.6 Å². The van der Waals surface area contributed by atoms with Crippen molar-refractivity contribution in [3.8, 4) is 5.75 Å². The second-order valence-electron chi connectivity index (χ2n) is 10.7. The highest BCUT2D eigenvalue weighted by atomic mass is 19.1. The summed E-state index contributed by atoms with van der Waals surface area (Å²) in [6.07, 6.45) is 0.712. The monoisotopic (exact) mass is 545 g/mol. The van der Waals surface area contributed by atoms with Crippen LogP contribution in [0.25, 0.3) is 0 Å². The van der Waals surface area contributed by atoms with E-state index in [0.29, 0.717) is 25.9 Å². The van der Waals surface area contributed by atoms with Crippen molar-refractivity contribution >= 4 is 29.3 Å². The van der Waals surface area contributed by atoms with Crippen molar-refractivity contribution in [2.45, 2.75) is 57.8 Å². The number of amides is 3. The van der Waals surface area contributed by atoms with Gasteiger partial charge in [0.25, 0.3) is 5.91 Å².